The number of hydrogen-bond donors (Lipinski definition) is 2. The van der Waals surface area contributed by atoms with Crippen LogP contribution in [0.15, 0.2) is 0 Å². The van der Waals surface area contributed by atoms with Crippen LogP contribution in [0.5, 0.6) is 0 Å². The minimum Gasteiger partial charge on any atom is -0.330 e. The second-order valence-corrected chi connectivity index (χ2v) is 3.94. The standard InChI is InChI=1S/C10H19N3O2/c1-3-8-10(15)12-9(14)6-13(8)7(2)4-5-11/h7-8H,3-6,11H2,1-2H3,(H,12,14,15). The summed E-state index contributed by atoms with van der Waals surface area (Å²) < 4.78 is 0. The average molecular weight is 213 g/mol. The van der Waals surface area contributed by atoms with Crippen molar-refractivity contribution in [1.82, 2.24) is 10.2 Å². The molecule has 2 atom stereocenters. The minimum atomic E-state index is -0.214. The van der Waals surface area contributed by atoms with E-state index in [-0.39, 0.29) is 23.9 Å². The number of rotatable bonds is 4. The van der Waals surface area contributed by atoms with Crippen LogP contribution in [0.4, 0.5) is 0 Å². The summed E-state index contributed by atoms with van der Waals surface area (Å²) in [6, 6.07) is -0.0146. The van der Waals surface area contributed by atoms with E-state index in [2.05, 4.69) is 5.32 Å². The highest BCUT2D eigenvalue weighted by molar-refractivity contribution is 6.01. The zero-order valence-corrected chi connectivity index (χ0v) is 9.32. The highest BCUT2D eigenvalue weighted by Crippen LogP contribution is 2.14. The van der Waals surface area contributed by atoms with Gasteiger partial charge in [-0.25, -0.2) is 0 Å². The molecule has 0 radical (unpaired) electrons. The number of nitrogens with zero attached hydrogens (tertiary/aromatic N) is 1. The third-order valence-electron chi connectivity index (χ3n) is 2.83. The monoisotopic (exact) mass is 213 g/mol. The second kappa shape index (κ2) is 5.23. The summed E-state index contributed by atoms with van der Waals surface area (Å²) in [5, 5.41) is 2.36. The Morgan fingerprint density at radius 2 is 2.27 bits per heavy atom. The molecule has 86 valence electrons. The van der Waals surface area contributed by atoms with Gasteiger partial charge in [-0.05, 0) is 26.3 Å². The first-order valence-electron chi connectivity index (χ1n) is 5.39. The molecule has 0 saturated carbocycles. The molecule has 0 aliphatic carbocycles. The maximum atomic E-state index is 11.5. The highest BCUT2D eigenvalue weighted by Gasteiger charge is 2.34. The number of amides is 2. The molecule has 0 aromatic heterocycles. The quantitative estimate of drug-likeness (QED) is 0.615. The van der Waals surface area contributed by atoms with Crippen molar-refractivity contribution in [2.45, 2.75) is 38.8 Å². The van der Waals surface area contributed by atoms with Crippen LogP contribution >= 0.6 is 0 Å². The number of piperazine rings is 1. The zero-order valence-electron chi connectivity index (χ0n) is 9.32. The van der Waals surface area contributed by atoms with Crippen molar-refractivity contribution in [3.8, 4) is 0 Å². The molecular formula is C10H19N3O2. The second-order valence-electron chi connectivity index (χ2n) is 3.94. The molecule has 2 unspecified atom stereocenters. The van der Waals surface area contributed by atoms with Crippen LogP contribution in [0.3, 0.4) is 0 Å². The van der Waals surface area contributed by atoms with Gasteiger partial charge < -0.3 is 5.73 Å². The van der Waals surface area contributed by atoms with Crippen LogP contribution < -0.4 is 11.1 Å². The molecule has 0 aromatic rings. The number of carbonyl (C=O) groups is 2. The molecule has 1 saturated heterocycles. The number of carbonyl (C=O) groups excluding carboxylic acids is 2. The molecule has 0 spiro atoms. The fraction of sp³-hybridized carbons (Fsp3) is 0.800. The van der Waals surface area contributed by atoms with Gasteiger partial charge in [0.25, 0.3) is 0 Å². The number of nitrogens with one attached hydrogen (secondary N) is 1. The van der Waals surface area contributed by atoms with Gasteiger partial charge >= 0.3 is 0 Å². The topological polar surface area (TPSA) is 75.4 Å². The van der Waals surface area contributed by atoms with Crippen molar-refractivity contribution >= 4 is 11.8 Å². The van der Waals surface area contributed by atoms with Crippen molar-refractivity contribution in [3.05, 3.63) is 0 Å². The van der Waals surface area contributed by atoms with Crippen LogP contribution in [0.1, 0.15) is 26.7 Å². The van der Waals surface area contributed by atoms with Crippen molar-refractivity contribution in [2.75, 3.05) is 13.1 Å². The summed E-state index contributed by atoms with van der Waals surface area (Å²) in [4.78, 5) is 24.7. The van der Waals surface area contributed by atoms with E-state index in [0.29, 0.717) is 19.5 Å². The first kappa shape index (κ1) is 12.1. The van der Waals surface area contributed by atoms with Gasteiger partial charge in [0.1, 0.15) is 0 Å². The maximum absolute atomic E-state index is 11.5. The van der Waals surface area contributed by atoms with Gasteiger partial charge in [-0.1, -0.05) is 6.92 Å². The first-order chi connectivity index (χ1) is 7.10. The highest BCUT2D eigenvalue weighted by atomic mass is 16.2. The van der Waals surface area contributed by atoms with E-state index in [0.717, 1.165) is 6.42 Å². The van der Waals surface area contributed by atoms with Gasteiger partial charge in [0.05, 0.1) is 12.6 Å². The third kappa shape index (κ3) is 2.76. The normalized spacial score (nSPS) is 25.1. The number of hydrogen-bond acceptors (Lipinski definition) is 4. The Hall–Kier alpha value is -0.940. The smallest absolute Gasteiger partial charge is 0.243 e. The fourth-order valence-corrected chi connectivity index (χ4v) is 1.98. The number of nitrogens with two attached hydrogens (primary N) is 1. The molecule has 3 N–H and O–H groups in total. The van der Waals surface area contributed by atoms with Gasteiger partial charge in [0.2, 0.25) is 11.8 Å². The molecule has 1 fully saturated rings. The molecule has 1 aliphatic rings. The van der Waals surface area contributed by atoms with Gasteiger partial charge in [-0.2, -0.15) is 0 Å². The van der Waals surface area contributed by atoms with Crippen molar-refractivity contribution in [1.29, 1.82) is 0 Å². The number of imide groups is 1. The molecule has 5 nitrogen and oxygen atoms in total. The Bertz CT molecular complexity index is 255. The maximum Gasteiger partial charge on any atom is 0.243 e. The van der Waals surface area contributed by atoms with Crippen LogP contribution in [-0.2, 0) is 9.59 Å². The minimum absolute atomic E-state index is 0.176. The van der Waals surface area contributed by atoms with E-state index in [4.69, 9.17) is 5.73 Å². The van der Waals surface area contributed by atoms with Gasteiger partial charge in [-0.3, -0.25) is 19.8 Å². The van der Waals surface area contributed by atoms with Gasteiger partial charge in [-0.15, -0.1) is 0 Å². The largest absolute Gasteiger partial charge is 0.330 e. The van der Waals surface area contributed by atoms with Crippen molar-refractivity contribution in [2.24, 2.45) is 5.73 Å². The SMILES string of the molecule is CCC1C(=O)NC(=O)CN1C(C)CCN. The summed E-state index contributed by atoms with van der Waals surface area (Å²) in [6.07, 6.45) is 1.52. The van der Waals surface area contributed by atoms with E-state index < -0.39 is 0 Å². The molecule has 2 amide bonds. The lowest BCUT2D eigenvalue weighted by Crippen LogP contribution is -2.60. The van der Waals surface area contributed by atoms with E-state index in [1.807, 2.05) is 18.7 Å². The lowest BCUT2D eigenvalue weighted by Gasteiger charge is -2.37. The lowest BCUT2D eigenvalue weighted by molar-refractivity contribution is -0.141. The van der Waals surface area contributed by atoms with Crippen LogP contribution in [0, 0.1) is 0 Å². The molecule has 1 heterocycles. The van der Waals surface area contributed by atoms with Crippen LogP contribution in [0.25, 0.3) is 0 Å². The van der Waals surface area contributed by atoms with Gasteiger partial charge in [0.15, 0.2) is 0 Å². The Morgan fingerprint density at radius 1 is 1.60 bits per heavy atom. The molecule has 5 heteroatoms. The molecule has 15 heavy (non-hydrogen) atoms. The van der Waals surface area contributed by atoms with E-state index in [9.17, 15) is 9.59 Å². The zero-order chi connectivity index (χ0) is 11.4. The van der Waals surface area contributed by atoms with E-state index in [1.54, 1.807) is 0 Å². The summed E-state index contributed by atoms with van der Waals surface area (Å²) in [5.41, 5.74) is 5.48. The van der Waals surface area contributed by atoms with Crippen molar-refractivity contribution < 1.29 is 9.59 Å². The summed E-state index contributed by atoms with van der Waals surface area (Å²) in [5.74, 6) is -0.397. The Morgan fingerprint density at radius 3 is 2.80 bits per heavy atom. The molecule has 1 rings (SSSR count). The first-order valence-corrected chi connectivity index (χ1v) is 5.39. The lowest BCUT2D eigenvalue weighted by atomic mass is 10.1. The van der Waals surface area contributed by atoms with Crippen molar-refractivity contribution in [3.63, 3.8) is 0 Å². The average Bonchev–Trinajstić information content (AvgIpc) is 2.17. The van der Waals surface area contributed by atoms with Crippen LogP contribution in [0.2, 0.25) is 0 Å². The predicted molar refractivity (Wildman–Crippen MR) is 57.1 cm³/mol. The molecule has 0 aromatic carbocycles. The van der Waals surface area contributed by atoms with Gasteiger partial charge in [0, 0.05) is 6.04 Å². The Labute approximate surface area is 90.0 Å². The summed E-state index contributed by atoms with van der Waals surface area (Å²) in [7, 11) is 0. The Balaban J connectivity index is 2.73. The molecule has 1 aliphatic heterocycles. The summed E-state index contributed by atoms with van der Waals surface area (Å²) >= 11 is 0. The summed E-state index contributed by atoms with van der Waals surface area (Å²) in [6.45, 7) is 4.82. The van der Waals surface area contributed by atoms with E-state index >= 15 is 0 Å². The third-order valence-corrected chi connectivity index (χ3v) is 2.83. The fourth-order valence-electron chi connectivity index (χ4n) is 1.98. The van der Waals surface area contributed by atoms with Crippen LogP contribution in [-0.4, -0.2) is 41.9 Å². The Kier molecular flexibility index (Phi) is 4.23. The molecule has 0 bridgehead atoms. The van der Waals surface area contributed by atoms with E-state index in [1.165, 1.54) is 0 Å². The predicted octanol–water partition coefficient (Wildman–Crippen LogP) is -0.539. The molecular weight excluding hydrogens is 194 g/mol.